The predicted molar refractivity (Wildman–Crippen MR) is 88.5 cm³/mol. The molecular formula is C16H29N3S. The molecule has 3 fully saturated rings. The average Bonchev–Trinajstić information content (AvgIpc) is 2.93. The molecule has 1 aliphatic carbocycles. The molecule has 0 amide bonds. The van der Waals surface area contributed by atoms with Crippen LogP contribution >= 0.6 is 11.8 Å². The molecule has 20 heavy (non-hydrogen) atoms. The second kappa shape index (κ2) is 7.17. The van der Waals surface area contributed by atoms with Gasteiger partial charge in [-0.05, 0) is 51.5 Å². The molecule has 3 unspecified atom stereocenters. The van der Waals surface area contributed by atoms with Crippen LogP contribution in [0.4, 0.5) is 0 Å². The first-order valence-corrected chi connectivity index (χ1v) is 9.49. The van der Waals surface area contributed by atoms with Gasteiger partial charge in [0.15, 0.2) is 5.17 Å². The summed E-state index contributed by atoms with van der Waals surface area (Å²) in [4.78, 5) is 7.45. The van der Waals surface area contributed by atoms with Crippen molar-refractivity contribution in [3.8, 4) is 0 Å². The first-order chi connectivity index (χ1) is 9.83. The Morgan fingerprint density at radius 2 is 2.20 bits per heavy atom. The fraction of sp³-hybridized carbons (Fsp3) is 0.938. The summed E-state index contributed by atoms with van der Waals surface area (Å²) in [7, 11) is 0. The largest absolute Gasteiger partial charge is 0.362 e. The first-order valence-electron chi connectivity index (χ1n) is 8.51. The van der Waals surface area contributed by atoms with Crippen LogP contribution in [0.5, 0.6) is 0 Å². The normalized spacial score (nSPS) is 36.9. The van der Waals surface area contributed by atoms with Crippen molar-refractivity contribution in [3.63, 3.8) is 0 Å². The number of piperidine rings is 1. The Kier molecular flexibility index (Phi) is 5.27. The van der Waals surface area contributed by atoms with E-state index in [1.807, 2.05) is 11.8 Å². The molecular weight excluding hydrogens is 266 g/mol. The topological polar surface area (TPSA) is 27.6 Å². The Morgan fingerprint density at radius 1 is 1.25 bits per heavy atom. The molecule has 2 heterocycles. The summed E-state index contributed by atoms with van der Waals surface area (Å²) in [5, 5.41) is 4.88. The van der Waals surface area contributed by atoms with E-state index in [1.54, 1.807) is 0 Å². The molecule has 0 bridgehead atoms. The number of thioether (sulfide) groups is 1. The van der Waals surface area contributed by atoms with Gasteiger partial charge in [-0.1, -0.05) is 24.6 Å². The Labute approximate surface area is 128 Å². The van der Waals surface area contributed by atoms with Crippen LogP contribution in [0, 0.1) is 5.92 Å². The summed E-state index contributed by atoms with van der Waals surface area (Å²) < 4.78 is 0. The van der Waals surface area contributed by atoms with Gasteiger partial charge in [0, 0.05) is 30.9 Å². The quantitative estimate of drug-likeness (QED) is 0.808. The molecule has 4 heteroatoms. The maximum atomic E-state index is 4.79. The van der Waals surface area contributed by atoms with Crippen molar-refractivity contribution in [1.82, 2.24) is 10.2 Å². The van der Waals surface area contributed by atoms with Crippen LogP contribution in [-0.2, 0) is 0 Å². The van der Waals surface area contributed by atoms with Crippen molar-refractivity contribution in [3.05, 3.63) is 0 Å². The van der Waals surface area contributed by atoms with Crippen LogP contribution in [0.3, 0.4) is 0 Å². The number of likely N-dealkylation sites (tertiary alicyclic amines) is 1. The first kappa shape index (κ1) is 14.7. The van der Waals surface area contributed by atoms with Gasteiger partial charge >= 0.3 is 0 Å². The van der Waals surface area contributed by atoms with Crippen LogP contribution < -0.4 is 5.32 Å². The molecule has 0 aromatic rings. The van der Waals surface area contributed by atoms with Crippen molar-refractivity contribution in [1.29, 1.82) is 0 Å². The molecule has 2 aliphatic heterocycles. The van der Waals surface area contributed by atoms with Gasteiger partial charge in [0.25, 0.3) is 0 Å². The molecule has 1 N–H and O–H groups in total. The lowest BCUT2D eigenvalue weighted by molar-refractivity contribution is 0.160. The summed E-state index contributed by atoms with van der Waals surface area (Å²) >= 11 is 1.95. The third-order valence-electron chi connectivity index (χ3n) is 5.20. The molecule has 0 spiro atoms. The smallest absolute Gasteiger partial charge is 0.156 e. The van der Waals surface area contributed by atoms with Crippen LogP contribution in [-0.4, -0.2) is 47.5 Å². The summed E-state index contributed by atoms with van der Waals surface area (Å²) in [5.74, 6) is 2.20. The van der Waals surface area contributed by atoms with E-state index in [0.29, 0.717) is 0 Å². The zero-order valence-corrected chi connectivity index (χ0v) is 13.6. The van der Waals surface area contributed by atoms with Crippen LogP contribution in [0.2, 0.25) is 0 Å². The van der Waals surface area contributed by atoms with E-state index in [2.05, 4.69) is 17.1 Å². The molecule has 3 aliphatic rings. The Balaban J connectivity index is 1.37. The van der Waals surface area contributed by atoms with Crippen molar-refractivity contribution >= 4 is 16.9 Å². The highest BCUT2D eigenvalue weighted by Crippen LogP contribution is 2.32. The second-order valence-electron chi connectivity index (χ2n) is 6.67. The third-order valence-corrected chi connectivity index (χ3v) is 6.32. The summed E-state index contributed by atoms with van der Waals surface area (Å²) in [5.41, 5.74) is 0. The fourth-order valence-corrected chi connectivity index (χ4v) is 5.04. The van der Waals surface area contributed by atoms with Gasteiger partial charge in [-0.25, -0.2) is 0 Å². The van der Waals surface area contributed by atoms with Crippen molar-refractivity contribution in [2.24, 2.45) is 10.9 Å². The Bertz CT molecular complexity index is 345. The predicted octanol–water partition coefficient (Wildman–Crippen LogP) is 3.11. The third kappa shape index (κ3) is 3.70. The summed E-state index contributed by atoms with van der Waals surface area (Å²) in [6.07, 6.45) is 9.59. The number of rotatable bonds is 4. The van der Waals surface area contributed by atoms with E-state index >= 15 is 0 Å². The minimum atomic E-state index is 0.733. The molecule has 0 aromatic heterocycles. The lowest BCUT2D eigenvalue weighted by atomic mass is 10.0. The zero-order valence-electron chi connectivity index (χ0n) is 12.8. The summed E-state index contributed by atoms with van der Waals surface area (Å²) in [6.45, 7) is 5.91. The number of hydrogen-bond acceptors (Lipinski definition) is 3. The second-order valence-corrected chi connectivity index (χ2v) is 7.68. The van der Waals surface area contributed by atoms with Crippen molar-refractivity contribution in [2.75, 3.05) is 25.4 Å². The molecule has 3 nitrogen and oxygen atoms in total. The van der Waals surface area contributed by atoms with Crippen LogP contribution in [0.15, 0.2) is 4.99 Å². The number of nitrogens with one attached hydrogen (secondary N) is 1. The highest BCUT2D eigenvalue weighted by Gasteiger charge is 2.31. The lowest BCUT2D eigenvalue weighted by Gasteiger charge is -2.33. The van der Waals surface area contributed by atoms with Crippen LogP contribution in [0.25, 0.3) is 0 Å². The van der Waals surface area contributed by atoms with Gasteiger partial charge < -0.3 is 10.2 Å². The van der Waals surface area contributed by atoms with E-state index in [-0.39, 0.29) is 0 Å². The molecule has 0 aromatic carbocycles. The average molecular weight is 295 g/mol. The number of fused-ring (bicyclic) bond motifs is 1. The van der Waals surface area contributed by atoms with E-state index in [1.165, 1.54) is 69.0 Å². The monoisotopic (exact) mass is 295 g/mol. The zero-order chi connectivity index (χ0) is 13.8. The number of aliphatic imine (C=N–C) groups is 1. The maximum absolute atomic E-state index is 4.79. The van der Waals surface area contributed by atoms with Gasteiger partial charge in [0.2, 0.25) is 0 Å². The fourth-order valence-electron chi connectivity index (χ4n) is 3.85. The van der Waals surface area contributed by atoms with Crippen molar-refractivity contribution < 1.29 is 0 Å². The van der Waals surface area contributed by atoms with Gasteiger partial charge in [0.05, 0.1) is 0 Å². The molecule has 3 rings (SSSR count). The molecule has 0 radical (unpaired) electrons. The molecule has 2 saturated heterocycles. The van der Waals surface area contributed by atoms with Gasteiger partial charge in [-0.15, -0.1) is 0 Å². The van der Waals surface area contributed by atoms with E-state index < -0.39 is 0 Å². The maximum Gasteiger partial charge on any atom is 0.156 e. The summed E-state index contributed by atoms with van der Waals surface area (Å²) in [6, 6.07) is 1.52. The van der Waals surface area contributed by atoms with Gasteiger partial charge in [0.1, 0.15) is 0 Å². The number of nitrogens with zero attached hydrogens (tertiary/aromatic N) is 2. The van der Waals surface area contributed by atoms with E-state index in [4.69, 9.17) is 4.99 Å². The highest BCUT2D eigenvalue weighted by atomic mass is 32.2. The minimum absolute atomic E-state index is 0.733. The Morgan fingerprint density at radius 3 is 3.10 bits per heavy atom. The molecule has 114 valence electrons. The Hall–Kier alpha value is -0.220. The number of hydrogen-bond donors (Lipinski definition) is 1. The SMILES string of the molecule is CC1CCCCN1CCCN=C1NC2CCCC2CS1. The van der Waals surface area contributed by atoms with E-state index in [0.717, 1.165) is 24.5 Å². The number of amidine groups is 1. The van der Waals surface area contributed by atoms with Gasteiger partial charge in [-0.2, -0.15) is 0 Å². The van der Waals surface area contributed by atoms with Crippen LogP contribution in [0.1, 0.15) is 51.9 Å². The van der Waals surface area contributed by atoms with Gasteiger partial charge in [-0.3, -0.25) is 4.99 Å². The molecule has 1 saturated carbocycles. The lowest BCUT2D eigenvalue weighted by Crippen LogP contribution is -2.41. The van der Waals surface area contributed by atoms with Crippen molar-refractivity contribution in [2.45, 2.75) is 64.0 Å². The standard InChI is InChI=1S/C16H29N3S/c1-13-6-2-3-10-19(13)11-5-9-17-16-18-15-8-4-7-14(15)12-20-16/h13-15H,2-12H2,1H3,(H,17,18). The molecule has 3 atom stereocenters. The highest BCUT2D eigenvalue weighted by molar-refractivity contribution is 8.13. The van der Waals surface area contributed by atoms with E-state index in [9.17, 15) is 0 Å². The minimum Gasteiger partial charge on any atom is -0.362 e.